The fourth-order valence-electron chi connectivity index (χ4n) is 3.45. The maximum atomic E-state index is 14.6. The second-order valence-corrected chi connectivity index (χ2v) is 6.92. The van der Waals surface area contributed by atoms with E-state index < -0.39 is 30.7 Å². The number of hydrogen-bond acceptors (Lipinski definition) is 4. The normalized spacial score (nSPS) is 24.4. The average Bonchev–Trinajstić information content (AvgIpc) is 2.66. The van der Waals surface area contributed by atoms with Crippen molar-refractivity contribution < 1.29 is 28.5 Å². The van der Waals surface area contributed by atoms with E-state index in [4.69, 9.17) is 9.47 Å². The van der Waals surface area contributed by atoms with Gasteiger partial charge in [-0.15, -0.1) is 0 Å². The number of aliphatic hydroxyl groups is 2. The molecule has 1 aliphatic rings. The molecule has 0 aromatic heterocycles. The molecule has 1 aliphatic carbocycles. The van der Waals surface area contributed by atoms with Crippen LogP contribution in [-0.4, -0.2) is 42.1 Å². The predicted octanol–water partition coefficient (Wildman–Crippen LogP) is 3.43. The number of methoxy groups -OCH3 is 1. The summed E-state index contributed by atoms with van der Waals surface area (Å²) < 4.78 is 40.1. The van der Waals surface area contributed by atoms with Crippen LogP contribution in [0.2, 0.25) is 0 Å². The highest BCUT2D eigenvalue weighted by Gasteiger charge is 2.53. The summed E-state index contributed by atoms with van der Waals surface area (Å²) in [4.78, 5) is 0. The van der Waals surface area contributed by atoms with E-state index in [9.17, 15) is 19.0 Å². The van der Waals surface area contributed by atoms with E-state index >= 15 is 0 Å². The van der Waals surface area contributed by atoms with Gasteiger partial charge in [-0.25, -0.2) is 8.78 Å². The van der Waals surface area contributed by atoms with Crippen LogP contribution in [-0.2, 0) is 6.42 Å². The molecular weight excluding hydrogens is 354 g/mol. The van der Waals surface area contributed by atoms with Crippen LogP contribution < -0.4 is 9.47 Å². The molecule has 3 rings (SSSR count). The number of aliphatic hydroxyl groups excluding tert-OH is 2. The number of halogens is 2. The van der Waals surface area contributed by atoms with Crippen molar-refractivity contribution in [2.75, 3.05) is 13.7 Å². The Balaban J connectivity index is 1.80. The summed E-state index contributed by atoms with van der Waals surface area (Å²) in [6.07, 6.45) is -2.17. The quantitative estimate of drug-likeness (QED) is 0.809. The molecule has 27 heavy (non-hydrogen) atoms. The molecule has 0 aliphatic heterocycles. The zero-order valence-electron chi connectivity index (χ0n) is 15.1. The van der Waals surface area contributed by atoms with Crippen LogP contribution in [0.15, 0.2) is 48.5 Å². The van der Waals surface area contributed by atoms with Gasteiger partial charge >= 0.3 is 0 Å². The Morgan fingerprint density at radius 2 is 1.78 bits per heavy atom. The first-order valence-electron chi connectivity index (χ1n) is 8.98. The van der Waals surface area contributed by atoms with E-state index in [0.717, 1.165) is 16.9 Å². The van der Waals surface area contributed by atoms with Crippen molar-refractivity contribution in [3.8, 4) is 11.5 Å². The van der Waals surface area contributed by atoms with Crippen molar-refractivity contribution in [1.82, 2.24) is 0 Å². The summed E-state index contributed by atoms with van der Waals surface area (Å²) in [7, 11) is 1.59. The Kier molecular flexibility index (Phi) is 5.97. The molecule has 0 heterocycles. The largest absolute Gasteiger partial charge is 0.497 e. The number of rotatable bonds is 6. The van der Waals surface area contributed by atoms with Crippen molar-refractivity contribution in [3.63, 3.8) is 0 Å². The van der Waals surface area contributed by atoms with Crippen molar-refractivity contribution in [1.29, 1.82) is 0 Å². The van der Waals surface area contributed by atoms with Gasteiger partial charge in [-0.1, -0.05) is 30.3 Å². The van der Waals surface area contributed by atoms with Gasteiger partial charge in [-0.05, 0) is 35.7 Å². The van der Waals surface area contributed by atoms with E-state index in [1.165, 1.54) is 0 Å². The first-order valence-corrected chi connectivity index (χ1v) is 8.98. The van der Waals surface area contributed by atoms with Gasteiger partial charge < -0.3 is 19.7 Å². The monoisotopic (exact) mass is 378 g/mol. The number of alkyl halides is 2. The molecule has 0 amide bonds. The van der Waals surface area contributed by atoms with Gasteiger partial charge in [0.1, 0.15) is 11.5 Å². The van der Waals surface area contributed by atoms with E-state index in [1.807, 2.05) is 36.4 Å². The highest BCUT2D eigenvalue weighted by Crippen LogP contribution is 2.41. The second kappa shape index (κ2) is 8.23. The van der Waals surface area contributed by atoms with Crippen LogP contribution in [0, 0.1) is 5.92 Å². The van der Waals surface area contributed by atoms with E-state index in [1.54, 1.807) is 19.2 Å². The highest BCUT2D eigenvalue weighted by atomic mass is 19.3. The second-order valence-electron chi connectivity index (χ2n) is 6.92. The van der Waals surface area contributed by atoms with Crippen molar-refractivity contribution >= 4 is 0 Å². The Morgan fingerprint density at radius 3 is 2.44 bits per heavy atom. The zero-order valence-corrected chi connectivity index (χ0v) is 15.1. The van der Waals surface area contributed by atoms with Crippen LogP contribution in [0.1, 0.15) is 24.0 Å². The average molecular weight is 378 g/mol. The SMILES string of the molecule is COc1ccc(Cc2ccccc2O[C@H]2C[C@@H](O)C[C@@H](CO)C2(F)F)cc1. The van der Waals surface area contributed by atoms with E-state index in [2.05, 4.69) is 0 Å². The molecular formula is C21H24F2O4. The van der Waals surface area contributed by atoms with Gasteiger partial charge in [0.25, 0.3) is 5.92 Å². The minimum absolute atomic E-state index is 0.128. The molecule has 2 aromatic carbocycles. The third kappa shape index (κ3) is 4.39. The van der Waals surface area contributed by atoms with E-state index in [0.29, 0.717) is 12.2 Å². The molecule has 2 N–H and O–H groups in total. The van der Waals surface area contributed by atoms with E-state index in [-0.39, 0.29) is 12.8 Å². The molecule has 4 nitrogen and oxygen atoms in total. The van der Waals surface area contributed by atoms with Crippen LogP contribution in [0.3, 0.4) is 0 Å². The van der Waals surface area contributed by atoms with Gasteiger partial charge in [0.2, 0.25) is 0 Å². The zero-order chi connectivity index (χ0) is 19.4. The first-order chi connectivity index (χ1) is 12.9. The van der Waals surface area contributed by atoms with Crippen molar-refractivity contribution in [2.45, 2.75) is 37.4 Å². The summed E-state index contributed by atoms with van der Waals surface area (Å²) in [6.45, 7) is -0.683. The molecule has 1 fully saturated rings. The Bertz CT molecular complexity index is 748. The number of ether oxygens (including phenoxy) is 2. The summed E-state index contributed by atoms with van der Waals surface area (Å²) in [5.41, 5.74) is 1.77. The fourth-order valence-corrected chi connectivity index (χ4v) is 3.45. The molecule has 0 bridgehead atoms. The third-order valence-corrected chi connectivity index (χ3v) is 5.03. The lowest BCUT2D eigenvalue weighted by molar-refractivity contribution is -0.187. The fraction of sp³-hybridized carbons (Fsp3) is 0.429. The topological polar surface area (TPSA) is 58.9 Å². The lowest BCUT2D eigenvalue weighted by Gasteiger charge is -2.39. The molecule has 3 atom stereocenters. The molecule has 6 heteroatoms. The molecule has 0 unspecified atom stereocenters. The van der Waals surface area contributed by atoms with Crippen LogP contribution in [0.5, 0.6) is 11.5 Å². The summed E-state index contributed by atoms with van der Waals surface area (Å²) in [5.74, 6) is -3.40. The third-order valence-electron chi connectivity index (χ3n) is 5.03. The molecule has 0 saturated heterocycles. The van der Waals surface area contributed by atoms with Gasteiger partial charge in [0.05, 0.1) is 25.7 Å². The summed E-state index contributed by atoms with van der Waals surface area (Å²) in [6, 6.07) is 14.6. The lowest BCUT2D eigenvalue weighted by atomic mass is 9.82. The van der Waals surface area contributed by atoms with Gasteiger partial charge in [0, 0.05) is 12.8 Å². The smallest absolute Gasteiger partial charge is 0.289 e. The summed E-state index contributed by atoms with van der Waals surface area (Å²) >= 11 is 0. The van der Waals surface area contributed by atoms with Crippen LogP contribution >= 0.6 is 0 Å². The minimum Gasteiger partial charge on any atom is -0.497 e. The van der Waals surface area contributed by atoms with Crippen molar-refractivity contribution in [3.05, 3.63) is 59.7 Å². The highest BCUT2D eigenvalue weighted by molar-refractivity contribution is 5.39. The Labute approximate surface area is 157 Å². The standard InChI is InChI=1S/C21H24F2O4/c1-26-18-8-6-14(7-9-18)10-15-4-2-3-5-19(15)27-20-12-17(25)11-16(13-24)21(20,22)23/h2-9,16-17,20,24-25H,10-13H2,1H3/t16-,17-,20-/m0/s1. The van der Waals surface area contributed by atoms with Crippen molar-refractivity contribution in [2.24, 2.45) is 5.92 Å². The summed E-state index contributed by atoms with van der Waals surface area (Å²) in [5, 5.41) is 19.2. The number of benzene rings is 2. The molecule has 146 valence electrons. The lowest BCUT2D eigenvalue weighted by Crippen LogP contribution is -2.52. The maximum absolute atomic E-state index is 14.6. The van der Waals surface area contributed by atoms with Gasteiger partial charge in [0.15, 0.2) is 6.10 Å². The van der Waals surface area contributed by atoms with Crippen LogP contribution in [0.4, 0.5) is 8.78 Å². The van der Waals surface area contributed by atoms with Crippen LogP contribution in [0.25, 0.3) is 0 Å². The maximum Gasteiger partial charge on any atom is 0.289 e. The first kappa shape index (κ1) is 19.6. The Morgan fingerprint density at radius 1 is 1.07 bits per heavy atom. The molecule has 0 spiro atoms. The minimum atomic E-state index is -3.21. The number of hydrogen-bond donors (Lipinski definition) is 2. The number of para-hydroxylation sites is 1. The molecule has 2 aromatic rings. The Hall–Kier alpha value is -2.18. The predicted molar refractivity (Wildman–Crippen MR) is 97.4 cm³/mol. The molecule has 1 saturated carbocycles. The molecule has 0 radical (unpaired) electrons. The van der Waals surface area contributed by atoms with Gasteiger partial charge in [-0.2, -0.15) is 0 Å². The van der Waals surface area contributed by atoms with Gasteiger partial charge in [-0.3, -0.25) is 0 Å².